The third kappa shape index (κ3) is 4.17. The first-order chi connectivity index (χ1) is 6.89. The van der Waals surface area contributed by atoms with Crippen LogP contribution >= 0.6 is 0 Å². The van der Waals surface area contributed by atoms with Crippen molar-refractivity contribution in [2.24, 2.45) is 5.92 Å². The Morgan fingerprint density at radius 3 is 2.53 bits per heavy atom. The largest absolute Gasteiger partial charge is 0.481 e. The molecule has 2 atom stereocenters. The summed E-state index contributed by atoms with van der Waals surface area (Å²) in [5, 5.41) is 7.81. The molecule has 0 heterocycles. The summed E-state index contributed by atoms with van der Waals surface area (Å²) in [6.45, 7) is 0. The molecule has 2 N–H and O–H groups in total. The van der Waals surface area contributed by atoms with E-state index in [0.717, 1.165) is 12.8 Å². The molecule has 88 valence electrons. The minimum atomic E-state index is -3.94. The van der Waals surface area contributed by atoms with Crippen LogP contribution in [0.25, 0.3) is 0 Å². The van der Waals surface area contributed by atoms with Crippen molar-refractivity contribution in [3.8, 4) is 0 Å². The Bertz CT molecular complexity index is 321. The second kappa shape index (κ2) is 4.94. The van der Waals surface area contributed by atoms with E-state index >= 15 is 0 Å². The number of carboxylic acid groups (broad SMARTS) is 1. The second-order valence-corrected chi connectivity index (χ2v) is 5.80. The van der Waals surface area contributed by atoms with Crippen molar-refractivity contribution in [2.45, 2.75) is 43.8 Å². The highest BCUT2D eigenvalue weighted by Gasteiger charge is 2.30. The van der Waals surface area contributed by atoms with Crippen LogP contribution in [0.3, 0.4) is 0 Å². The number of hydrogen-bond donors (Lipinski definition) is 2. The molecule has 1 aliphatic carbocycles. The minimum Gasteiger partial charge on any atom is -0.481 e. The highest BCUT2D eigenvalue weighted by atomic mass is 32.2. The third-order valence-electron chi connectivity index (χ3n) is 2.92. The fourth-order valence-corrected chi connectivity index (χ4v) is 3.08. The van der Waals surface area contributed by atoms with Crippen molar-refractivity contribution in [3.63, 3.8) is 0 Å². The predicted octanol–water partition coefficient (Wildman–Crippen LogP) is 1.30. The lowest BCUT2D eigenvalue weighted by Gasteiger charge is -2.26. The molecule has 0 radical (unpaired) electrons. The molecule has 1 rings (SSSR count). The van der Waals surface area contributed by atoms with Gasteiger partial charge in [-0.25, -0.2) is 0 Å². The van der Waals surface area contributed by atoms with Gasteiger partial charge in [0.05, 0.1) is 5.25 Å². The van der Waals surface area contributed by atoms with E-state index in [4.69, 9.17) is 9.66 Å². The van der Waals surface area contributed by atoms with Crippen LogP contribution in [-0.4, -0.2) is 29.3 Å². The van der Waals surface area contributed by atoms with Gasteiger partial charge in [-0.3, -0.25) is 9.35 Å². The third-order valence-corrected chi connectivity index (χ3v) is 4.19. The maximum Gasteiger partial charge on any atom is 0.303 e. The van der Waals surface area contributed by atoms with Crippen LogP contribution in [0.1, 0.15) is 38.5 Å². The van der Waals surface area contributed by atoms with E-state index in [1.54, 1.807) is 0 Å². The average molecular weight is 236 g/mol. The second-order valence-electron chi connectivity index (χ2n) is 4.10. The highest BCUT2D eigenvalue weighted by molar-refractivity contribution is 7.86. The molecule has 0 spiro atoms. The van der Waals surface area contributed by atoms with Crippen LogP contribution in [-0.2, 0) is 14.9 Å². The summed E-state index contributed by atoms with van der Waals surface area (Å²) in [6.07, 6.45) is 3.06. The van der Waals surface area contributed by atoms with Gasteiger partial charge in [0.1, 0.15) is 0 Å². The van der Waals surface area contributed by atoms with Crippen molar-refractivity contribution in [2.75, 3.05) is 0 Å². The van der Waals surface area contributed by atoms with Crippen molar-refractivity contribution in [3.05, 3.63) is 0 Å². The molecule has 0 saturated heterocycles. The van der Waals surface area contributed by atoms with Crippen LogP contribution in [0.5, 0.6) is 0 Å². The lowest BCUT2D eigenvalue weighted by molar-refractivity contribution is -0.137. The number of rotatable bonds is 4. The molecule has 0 aromatic rings. The zero-order valence-electron chi connectivity index (χ0n) is 8.42. The Kier molecular flexibility index (Phi) is 4.10. The van der Waals surface area contributed by atoms with Gasteiger partial charge in [0, 0.05) is 6.42 Å². The number of carbonyl (C=O) groups is 1. The lowest BCUT2D eigenvalue weighted by Crippen LogP contribution is -2.28. The molecule has 5 nitrogen and oxygen atoms in total. The van der Waals surface area contributed by atoms with Gasteiger partial charge in [0.25, 0.3) is 10.1 Å². The molecule has 6 heteroatoms. The molecule has 0 aromatic carbocycles. The molecule has 0 bridgehead atoms. The van der Waals surface area contributed by atoms with Gasteiger partial charge in [-0.2, -0.15) is 8.42 Å². The van der Waals surface area contributed by atoms with Gasteiger partial charge < -0.3 is 5.11 Å². The van der Waals surface area contributed by atoms with E-state index in [-0.39, 0.29) is 12.3 Å². The smallest absolute Gasteiger partial charge is 0.303 e. The first-order valence-electron chi connectivity index (χ1n) is 5.07. The van der Waals surface area contributed by atoms with Crippen molar-refractivity contribution in [1.82, 2.24) is 0 Å². The molecule has 0 aromatic heterocycles. The summed E-state index contributed by atoms with van der Waals surface area (Å²) in [5.74, 6) is -0.745. The molecule has 1 aliphatic rings. The molecule has 1 fully saturated rings. The maximum atomic E-state index is 10.9. The fraction of sp³-hybridized carbons (Fsp3) is 0.889. The molecular formula is C9H16O5S. The van der Waals surface area contributed by atoms with Crippen molar-refractivity contribution >= 4 is 16.1 Å². The van der Waals surface area contributed by atoms with Crippen molar-refractivity contribution in [1.29, 1.82) is 0 Å². The SMILES string of the molecule is O=C(O)CCC1CCCC(S(=O)(=O)O)C1. The Labute approximate surface area is 89.2 Å². The van der Waals surface area contributed by atoms with E-state index in [9.17, 15) is 13.2 Å². The van der Waals surface area contributed by atoms with E-state index < -0.39 is 21.3 Å². The van der Waals surface area contributed by atoms with Gasteiger partial charge in [-0.05, 0) is 25.2 Å². The summed E-state index contributed by atoms with van der Waals surface area (Å²) in [7, 11) is -3.94. The number of carboxylic acids is 1. The monoisotopic (exact) mass is 236 g/mol. The van der Waals surface area contributed by atoms with E-state index in [1.165, 1.54) is 0 Å². The van der Waals surface area contributed by atoms with Crippen LogP contribution in [0.2, 0.25) is 0 Å². The Morgan fingerprint density at radius 1 is 1.33 bits per heavy atom. The summed E-state index contributed by atoms with van der Waals surface area (Å²) in [6, 6.07) is 0. The highest BCUT2D eigenvalue weighted by Crippen LogP contribution is 2.31. The zero-order chi connectivity index (χ0) is 11.5. The first kappa shape index (κ1) is 12.4. The summed E-state index contributed by atoms with van der Waals surface area (Å²) in [4.78, 5) is 10.4. The first-order valence-corrected chi connectivity index (χ1v) is 6.58. The van der Waals surface area contributed by atoms with Gasteiger partial charge in [-0.1, -0.05) is 12.8 Å². The summed E-state index contributed by atoms with van der Waals surface area (Å²) in [5.41, 5.74) is 0. The lowest BCUT2D eigenvalue weighted by atomic mass is 9.86. The summed E-state index contributed by atoms with van der Waals surface area (Å²) >= 11 is 0. The molecule has 0 amide bonds. The number of aliphatic carboxylic acids is 1. The van der Waals surface area contributed by atoms with Crippen molar-refractivity contribution < 1.29 is 22.9 Å². The van der Waals surface area contributed by atoms with Gasteiger partial charge in [0.2, 0.25) is 0 Å². The predicted molar refractivity (Wildman–Crippen MR) is 54.2 cm³/mol. The van der Waals surface area contributed by atoms with E-state index in [0.29, 0.717) is 19.3 Å². The van der Waals surface area contributed by atoms with Crippen LogP contribution in [0, 0.1) is 5.92 Å². The Balaban J connectivity index is 2.46. The minimum absolute atomic E-state index is 0.0723. The molecular weight excluding hydrogens is 220 g/mol. The average Bonchev–Trinajstić information content (AvgIpc) is 2.14. The Hall–Kier alpha value is -0.620. The van der Waals surface area contributed by atoms with Gasteiger partial charge in [0.15, 0.2) is 0 Å². The van der Waals surface area contributed by atoms with Gasteiger partial charge >= 0.3 is 5.97 Å². The van der Waals surface area contributed by atoms with Gasteiger partial charge in [-0.15, -0.1) is 0 Å². The Morgan fingerprint density at radius 2 is 2.00 bits per heavy atom. The van der Waals surface area contributed by atoms with E-state index in [1.807, 2.05) is 0 Å². The standard InChI is InChI=1S/C9H16O5S/c10-9(11)5-4-7-2-1-3-8(6-7)15(12,13)14/h7-8H,1-6H2,(H,10,11)(H,12,13,14). The van der Waals surface area contributed by atoms with E-state index in [2.05, 4.69) is 0 Å². The topological polar surface area (TPSA) is 91.7 Å². The van der Waals surface area contributed by atoms with Crippen LogP contribution in [0.15, 0.2) is 0 Å². The molecule has 2 unspecified atom stereocenters. The fourth-order valence-electron chi connectivity index (χ4n) is 2.10. The quantitative estimate of drug-likeness (QED) is 0.718. The maximum absolute atomic E-state index is 10.9. The molecule has 1 saturated carbocycles. The molecule has 15 heavy (non-hydrogen) atoms. The van der Waals surface area contributed by atoms with Crippen LogP contribution < -0.4 is 0 Å². The van der Waals surface area contributed by atoms with Crippen LogP contribution in [0.4, 0.5) is 0 Å². The normalized spacial score (nSPS) is 27.5. The number of hydrogen-bond acceptors (Lipinski definition) is 3. The summed E-state index contributed by atoms with van der Waals surface area (Å²) < 4.78 is 30.7. The zero-order valence-corrected chi connectivity index (χ0v) is 9.24. The molecule has 0 aliphatic heterocycles.